The van der Waals surface area contributed by atoms with Crippen molar-refractivity contribution >= 4 is 21.6 Å². The lowest BCUT2D eigenvalue weighted by Crippen LogP contribution is -2.50. The fraction of sp³-hybridized carbons (Fsp3) is 0.625. The second-order valence-corrected chi connectivity index (χ2v) is 8.44. The monoisotopic (exact) mass is 373 g/mol. The van der Waals surface area contributed by atoms with E-state index in [1.165, 1.54) is 0 Å². The zero-order valence-corrected chi connectivity index (χ0v) is 15.3. The van der Waals surface area contributed by atoms with Gasteiger partial charge in [-0.25, -0.2) is 8.42 Å². The van der Waals surface area contributed by atoms with E-state index in [0.29, 0.717) is 13.1 Å². The quantitative estimate of drug-likeness (QED) is 0.770. The maximum atomic E-state index is 12.7. The maximum absolute atomic E-state index is 12.7. The number of hydrogen-bond donors (Lipinski definition) is 0. The standard InChI is InChI=1S/C16H24ClN3O3S/c17-15-3-1-2-4-16(15)24(21,22)20-9-7-18(8-10-20)5-6-19-11-13-23-14-12-19/h1-4H,5-14H2. The molecule has 0 bridgehead atoms. The van der Waals surface area contributed by atoms with Crippen LogP contribution in [0.3, 0.4) is 0 Å². The lowest BCUT2D eigenvalue weighted by atomic mass is 10.3. The van der Waals surface area contributed by atoms with Gasteiger partial charge in [0.15, 0.2) is 0 Å². The molecule has 0 atom stereocenters. The molecular formula is C16H24ClN3O3S. The number of ether oxygens (including phenoxy) is 1. The third-order valence-corrected chi connectivity index (χ3v) is 7.02. The first-order valence-electron chi connectivity index (χ1n) is 8.34. The SMILES string of the molecule is O=S(=O)(c1ccccc1Cl)N1CCN(CCN2CCOCC2)CC1. The van der Waals surface area contributed by atoms with Crippen molar-refractivity contribution in [3.05, 3.63) is 29.3 Å². The molecule has 6 nitrogen and oxygen atoms in total. The second-order valence-electron chi connectivity index (χ2n) is 6.13. The third kappa shape index (κ3) is 4.28. The first kappa shape index (κ1) is 18.1. The van der Waals surface area contributed by atoms with Gasteiger partial charge >= 0.3 is 0 Å². The highest BCUT2D eigenvalue weighted by Gasteiger charge is 2.29. The summed E-state index contributed by atoms with van der Waals surface area (Å²) in [6.45, 7) is 8.12. The molecule has 0 N–H and O–H groups in total. The van der Waals surface area contributed by atoms with E-state index >= 15 is 0 Å². The van der Waals surface area contributed by atoms with Crippen molar-refractivity contribution in [3.8, 4) is 0 Å². The summed E-state index contributed by atoms with van der Waals surface area (Å²) in [5.41, 5.74) is 0. The molecule has 2 heterocycles. The molecule has 134 valence electrons. The van der Waals surface area contributed by atoms with Gasteiger partial charge in [0, 0.05) is 52.4 Å². The highest BCUT2D eigenvalue weighted by atomic mass is 35.5. The molecule has 1 aromatic carbocycles. The van der Waals surface area contributed by atoms with Gasteiger partial charge in [-0.05, 0) is 12.1 Å². The molecule has 0 spiro atoms. The largest absolute Gasteiger partial charge is 0.379 e. The van der Waals surface area contributed by atoms with Crippen LogP contribution in [0.1, 0.15) is 0 Å². The van der Waals surface area contributed by atoms with Gasteiger partial charge in [0.1, 0.15) is 4.90 Å². The van der Waals surface area contributed by atoms with Gasteiger partial charge in [-0.1, -0.05) is 23.7 Å². The molecule has 1 aromatic rings. The van der Waals surface area contributed by atoms with Crippen molar-refractivity contribution in [1.29, 1.82) is 0 Å². The van der Waals surface area contributed by atoms with E-state index in [2.05, 4.69) is 9.80 Å². The third-order valence-electron chi connectivity index (χ3n) is 4.62. The fourth-order valence-electron chi connectivity index (χ4n) is 3.09. The molecule has 2 fully saturated rings. The van der Waals surface area contributed by atoms with Crippen LogP contribution in [0.4, 0.5) is 0 Å². The highest BCUT2D eigenvalue weighted by molar-refractivity contribution is 7.89. The van der Waals surface area contributed by atoms with E-state index in [1.807, 2.05) is 0 Å². The van der Waals surface area contributed by atoms with Crippen LogP contribution >= 0.6 is 11.6 Å². The van der Waals surface area contributed by atoms with Crippen molar-refractivity contribution in [2.75, 3.05) is 65.6 Å². The predicted octanol–water partition coefficient (Wildman–Crippen LogP) is 0.978. The summed E-state index contributed by atoms with van der Waals surface area (Å²) in [6.07, 6.45) is 0. The first-order chi connectivity index (χ1) is 11.6. The predicted molar refractivity (Wildman–Crippen MR) is 93.9 cm³/mol. The zero-order chi connectivity index (χ0) is 17.0. The molecule has 0 aliphatic carbocycles. The number of piperazine rings is 1. The van der Waals surface area contributed by atoms with Crippen molar-refractivity contribution in [3.63, 3.8) is 0 Å². The molecule has 3 rings (SSSR count). The Morgan fingerprint density at radius 2 is 1.50 bits per heavy atom. The number of benzene rings is 1. The molecule has 2 aliphatic heterocycles. The van der Waals surface area contributed by atoms with Gasteiger partial charge in [-0.3, -0.25) is 9.80 Å². The van der Waals surface area contributed by atoms with Crippen LogP contribution < -0.4 is 0 Å². The molecular weight excluding hydrogens is 350 g/mol. The van der Waals surface area contributed by atoms with Crippen molar-refractivity contribution < 1.29 is 13.2 Å². The van der Waals surface area contributed by atoms with Crippen molar-refractivity contribution in [2.24, 2.45) is 0 Å². The van der Waals surface area contributed by atoms with E-state index in [0.717, 1.165) is 52.5 Å². The van der Waals surface area contributed by atoms with E-state index in [4.69, 9.17) is 16.3 Å². The van der Waals surface area contributed by atoms with Gasteiger partial charge in [0.2, 0.25) is 10.0 Å². The minimum absolute atomic E-state index is 0.202. The molecule has 0 unspecified atom stereocenters. The Hall–Kier alpha value is -0.700. The molecule has 2 saturated heterocycles. The summed E-state index contributed by atoms with van der Waals surface area (Å²) in [4.78, 5) is 4.93. The highest BCUT2D eigenvalue weighted by Crippen LogP contribution is 2.24. The van der Waals surface area contributed by atoms with Crippen LogP contribution in [0, 0.1) is 0 Å². The van der Waals surface area contributed by atoms with Gasteiger partial charge in [0.25, 0.3) is 0 Å². The topological polar surface area (TPSA) is 53.1 Å². The average molecular weight is 374 g/mol. The van der Waals surface area contributed by atoms with Crippen molar-refractivity contribution in [2.45, 2.75) is 4.90 Å². The van der Waals surface area contributed by atoms with E-state index in [1.54, 1.807) is 28.6 Å². The number of nitrogens with zero attached hydrogens (tertiary/aromatic N) is 3. The summed E-state index contributed by atoms with van der Waals surface area (Å²) in [7, 11) is -3.50. The Bertz CT molecular complexity index is 642. The number of sulfonamides is 1. The van der Waals surface area contributed by atoms with Crippen molar-refractivity contribution in [1.82, 2.24) is 14.1 Å². The van der Waals surface area contributed by atoms with Crippen LogP contribution in [-0.4, -0.2) is 88.1 Å². The summed E-state index contributed by atoms with van der Waals surface area (Å²) in [5.74, 6) is 0. The van der Waals surface area contributed by atoms with Crippen LogP contribution in [0.25, 0.3) is 0 Å². The summed E-state index contributed by atoms with van der Waals surface area (Å²) >= 11 is 6.06. The van der Waals surface area contributed by atoms with E-state index in [9.17, 15) is 8.42 Å². The zero-order valence-electron chi connectivity index (χ0n) is 13.7. The summed E-state index contributed by atoms with van der Waals surface area (Å²) < 4.78 is 32.3. The minimum Gasteiger partial charge on any atom is -0.379 e. The lowest BCUT2D eigenvalue weighted by Gasteiger charge is -2.35. The number of rotatable bonds is 5. The van der Waals surface area contributed by atoms with Gasteiger partial charge < -0.3 is 4.74 Å². The Morgan fingerprint density at radius 3 is 2.12 bits per heavy atom. The molecule has 0 aromatic heterocycles. The Kier molecular flexibility index (Phi) is 6.12. The fourth-order valence-corrected chi connectivity index (χ4v) is 5.01. The van der Waals surface area contributed by atoms with Crippen LogP contribution in [0.2, 0.25) is 5.02 Å². The van der Waals surface area contributed by atoms with Crippen LogP contribution in [0.5, 0.6) is 0 Å². The first-order valence-corrected chi connectivity index (χ1v) is 10.2. The summed E-state index contributed by atoms with van der Waals surface area (Å²) in [6, 6.07) is 6.64. The van der Waals surface area contributed by atoms with E-state index < -0.39 is 10.0 Å². The molecule has 0 amide bonds. The number of hydrogen-bond acceptors (Lipinski definition) is 5. The molecule has 2 aliphatic rings. The normalized spacial score (nSPS) is 21.9. The average Bonchev–Trinajstić information content (AvgIpc) is 2.61. The summed E-state index contributed by atoms with van der Waals surface area (Å²) in [5, 5.41) is 0.284. The molecule has 24 heavy (non-hydrogen) atoms. The van der Waals surface area contributed by atoms with Gasteiger partial charge in [-0.15, -0.1) is 0 Å². The molecule has 8 heteroatoms. The Labute approximate surface area is 149 Å². The second kappa shape index (κ2) is 8.12. The molecule has 0 saturated carbocycles. The van der Waals surface area contributed by atoms with E-state index in [-0.39, 0.29) is 9.92 Å². The minimum atomic E-state index is -3.50. The van der Waals surface area contributed by atoms with Gasteiger partial charge in [0.05, 0.1) is 18.2 Å². The van der Waals surface area contributed by atoms with Gasteiger partial charge in [-0.2, -0.15) is 4.31 Å². The Morgan fingerprint density at radius 1 is 0.917 bits per heavy atom. The lowest BCUT2D eigenvalue weighted by molar-refractivity contribution is 0.0317. The molecule has 0 radical (unpaired) electrons. The van der Waals surface area contributed by atoms with Crippen LogP contribution in [-0.2, 0) is 14.8 Å². The Balaban J connectivity index is 1.52. The smallest absolute Gasteiger partial charge is 0.244 e. The van der Waals surface area contributed by atoms with Crippen LogP contribution in [0.15, 0.2) is 29.2 Å². The number of halogens is 1. The number of morpholine rings is 1. The maximum Gasteiger partial charge on any atom is 0.244 e.